The van der Waals surface area contributed by atoms with Gasteiger partial charge in [-0.05, 0) is 25.1 Å². The third-order valence-electron chi connectivity index (χ3n) is 2.02. The van der Waals surface area contributed by atoms with E-state index in [0.29, 0.717) is 12.5 Å². The first-order valence-electron chi connectivity index (χ1n) is 5.24. The van der Waals surface area contributed by atoms with Gasteiger partial charge in [0.25, 0.3) is 0 Å². The standard InChI is InChI=1S/C12H14N2O2/c1-2-13-11-6-3-7-12(14-11)16-9-10-5-4-8-15-10/h3-8H,2,9H2,1H3,(H,13,14). The van der Waals surface area contributed by atoms with E-state index in [0.717, 1.165) is 18.1 Å². The third kappa shape index (κ3) is 2.76. The van der Waals surface area contributed by atoms with E-state index in [2.05, 4.69) is 10.3 Å². The lowest BCUT2D eigenvalue weighted by Gasteiger charge is -2.06. The van der Waals surface area contributed by atoms with Crippen LogP contribution in [0.4, 0.5) is 5.82 Å². The molecule has 0 saturated carbocycles. The summed E-state index contributed by atoms with van der Waals surface area (Å²) < 4.78 is 10.7. The Morgan fingerprint density at radius 3 is 3.00 bits per heavy atom. The summed E-state index contributed by atoms with van der Waals surface area (Å²) in [5.41, 5.74) is 0. The second-order valence-electron chi connectivity index (χ2n) is 3.26. The Hall–Kier alpha value is -1.97. The summed E-state index contributed by atoms with van der Waals surface area (Å²) in [7, 11) is 0. The summed E-state index contributed by atoms with van der Waals surface area (Å²) in [5.74, 6) is 2.20. The van der Waals surface area contributed by atoms with Gasteiger partial charge in [0.05, 0.1) is 6.26 Å². The Labute approximate surface area is 94.3 Å². The molecule has 2 rings (SSSR count). The van der Waals surface area contributed by atoms with Crippen LogP contribution >= 0.6 is 0 Å². The van der Waals surface area contributed by atoms with E-state index < -0.39 is 0 Å². The average Bonchev–Trinajstić information content (AvgIpc) is 2.80. The second-order valence-corrected chi connectivity index (χ2v) is 3.26. The van der Waals surface area contributed by atoms with Crippen molar-refractivity contribution >= 4 is 5.82 Å². The van der Waals surface area contributed by atoms with Gasteiger partial charge in [0, 0.05) is 12.6 Å². The number of hydrogen-bond donors (Lipinski definition) is 1. The van der Waals surface area contributed by atoms with Gasteiger partial charge in [0.1, 0.15) is 18.2 Å². The molecular weight excluding hydrogens is 204 g/mol. The number of furan rings is 1. The van der Waals surface area contributed by atoms with Crippen molar-refractivity contribution in [2.75, 3.05) is 11.9 Å². The molecule has 2 aromatic heterocycles. The first kappa shape index (κ1) is 10.5. The van der Waals surface area contributed by atoms with Gasteiger partial charge in [-0.25, -0.2) is 0 Å². The Kier molecular flexibility index (Phi) is 3.43. The minimum atomic E-state index is 0.398. The maximum atomic E-state index is 5.49. The number of pyridine rings is 1. The normalized spacial score (nSPS) is 10.1. The van der Waals surface area contributed by atoms with Crippen LogP contribution < -0.4 is 10.1 Å². The van der Waals surface area contributed by atoms with Gasteiger partial charge in [-0.15, -0.1) is 0 Å². The average molecular weight is 218 g/mol. The highest BCUT2D eigenvalue weighted by atomic mass is 16.5. The highest BCUT2D eigenvalue weighted by molar-refractivity contribution is 5.36. The summed E-state index contributed by atoms with van der Waals surface area (Å²) in [6, 6.07) is 9.34. The number of aromatic nitrogens is 1. The van der Waals surface area contributed by atoms with Crippen LogP contribution in [-0.2, 0) is 6.61 Å². The van der Waals surface area contributed by atoms with Crippen LogP contribution in [0.25, 0.3) is 0 Å². The van der Waals surface area contributed by atoms with Gasteiger partial charge in [-0.1, -0.05) is 6.07 Å². The Morgan fingerprint density at radius 1 is 1.31 bits per heavy atom. The number of anilines is 1. The van der Waals surface area contributed by atoms with Gasteiger partial charge in [-0.2, -0.15) is 4.98 Å². The zero-order valence-corrected chi connectivity index (χ0v) is 9.14. The minimum Gasteiger partial charge on any atom is -0.469 e. The molecule has 2 aromatic rings. The molecule has 0 aromatic carbocycles. The largest absolute Gasteiger partial charge is 0.469 e. The molecule has 16 heavy (non-hydrogen) atoms. The van der Waals surface area contributed by atoms with E-state index in [1.54, 1.807) is 6.26 Å². The van der Waals surface area contributed by atoms with Gasteiger partial charge >= 0.3 is 0 Å². The van der Waals surface area contributed by atoms with E-state index in [-0.39, 0.29) is 0 Å². The lowest BCUT2D eigenvalue weighted by molar-refractivity contribution is 0.261. The van der Waals surface area contributed by atoms with Crippen molar-refractivity contribution < 1.29 is 9.15 Å². The summed E-state index contributed by atoms with van der Waals surface area (Å²) in [6.45, 7) is 3.27. The van der Waals surface area contributed by atoms with Crippen LogP contribution in [0.1, 0.15) is 12.7 Å². The SMILES string of the molecule is CCNc1cccc(OCc2ccco2)n1. The molecule has 4 nitrogen and oxygen atoms in total. The summed E-state index contributed by atoms with van der Waals surface area (Å²) >= 11 is 0. The molecule has 0 atom stereocenters. The van der Waals surface area contributed by atoms with Crippen LogP contribution in [-0.4, -0.2) is 11.5 Å². The second kappa shape index (κ2) is 5.21. The van der Waals surface area contributed by atoms with Crippen molar-refractivity contribution in [2.24, 2.45) is 0 Å². The Balaban J connectivity index is 1.96. The zero-order chi connectivity index (χ0) is 11.2. The lowest BCUT2D eigenvalue weighted by Crippen LogP contribution is -2.01. The maximum absolute atomic E-state index is 5.49. The van der Waals surface area contributed by atoms with Crippen molar-refractivity contribution in [1.82, 2.24) is 4.98 Å². The zero-order valence-electron chi connectivity index (χ0n) is 9.14. The molecule has 0 aliphatic heterocycles. The van der Waals surface area contributed by atoms with Crippen molar-refractivity contribution in [3.8, 4) is 5.88 Å². The van der Waals surface area contributed by atoms with Gasteiger partial charge in [0.15, 0.2) is 0 Å². The van der Waals surface area contributed by atoms with E-state index in [1.807, 2.05) is 37.3 Å². The molecule has 0 radical (unpaired) electrons. The van der Waals surface area contributed by atoms with Crippen LogP contribution in [0.2, 0.25) is 0 Å². The molecule has 0 fully saturated rings. The van der Waals surface area contributed by atoms with Crippen molar-refractivity contribution in [1.29, 1.82) is 0 Å². The predicted molar refractivity (Wildman–Crippen MR) is 61.4 cm³/mol. The smallest absolute Gasteiger partial charge is 0.215 e. The monoisotopic (exact) mass is 218 g/mol. The van der Waals surface area contributed by atoms with E-state index in [1.165, 1.54) is 0 Å². The molecule has 0 aliphatic rings. The van der Waals surface area contributed by atoms with Crippen LogP contribution in [0.5, 0.6) is 5.88 Å². The van der Waals surface area contributed by atoms with Crippen LogP contribution in [0.3, 0.4) is 0 Å². The van der Waals surface area contributed by atoms with E-state index >= 15 is 0 Å². The molecule has 0 aliphatic carbocycles. The molecule has 0 unspecified atom stereocenters. The number of nitrogens with one attached hydrogen (secondary N) is 1. The molecule has 0 bridgehead atoms. The molecular formula is C12H14N2O2. The van der Waals surface area contributed by atoms with Crippen molar-refractivity contribution in [2.45, 2.75) is 13.5 Å². The van der Waals surface area contributed by atoms with Gasteiger partial charge in [0.2, 0.25) is 5.88 Å². The quantitative estimate of drug-likeness (QED) is 0.838. The molecule has 0 spiro atoms. The van der Waals surface area contributed by atoms with Crippen molar-refractivity contribution in [3.63, 3.8) is 0 Å². The Morgan fingerprint density at radius 2 is 2.25 bits per heavy atom. The molecule has 0 amide bonds. The molecule has 1 N–H and O–H groups in total. The molecule has 2 heterocycles. The molecule has 84 valence electrons. The topological polar surface area (TPSA) is 47.3 Å². The third-order valence-corrected chi connectivity index (χ3v) is 2.02. The van der Waals surface area contributed by atoms with Crippen LogP contribution in [0, 0.1) is 0 Å². The number of ether oxygens (including phenoxy) is 1. The van der Waals surface area contributed by atoms with Crippen LogP contribution in [0.15, 0.2) is 41.0 Å². The highest BCUT2D eigenvalue weighted by Gasteiger charge is 2.00. The first-order valence-corrected chi connectivity index (χ1v) is 5.24. The molecule has 0 saturated heterocycles. The Bertz CT molecular complexity index is 426. The highest BCUT2D eigenvalue weighted by Crippen LogP contribution is 2.13. The van der Waals surface area contributed by atoms with E-state index in [4.69, 9.17) is 9.15 Å². The van der Waals surface area contributed by atoms with Gasteiger partial charge in [-0.3, -0.25) is 0 Å². The minimum absolute atomic E-state index is 0.398. The fourth-order valence-corrected chi connectivity index (χ4v) is 1.31. The van der Waals surface area contributed by atoms with Gasteiger partial charge < -0.3 is 14.5 Å². The summed E-state index contributed by atoms with van der Waals surface area (Å²) in [4.78, 5) is 4.29. The fourth-order valence-electron chi connectivity index (χ4n) is 1.31. The predicted octanol–water partition coefficient (Wildman–Crippen LogP) is 2.69. The lowest BCUT2D eigenvalue weighted by atomic mass is 10.4. The number of hydrogen-bond acceptors (Lipinski definition) is 4. The number of nitrogens with zero attached hydrogens (tertiary/aromatic N) is 1. The number of rotatable bonds is 5. The maximum Gasteiger partial charge on any atom is 0.215 e. The summed E-state index contributed by atoms with van der Waals surface area (Å²) in [5, 5.41) is 3.13. The van der Waals surface area contributed by atoms with Crippen molar-refractivity contribution in [3.05, 3.63) is 42.4 Å². The molecule has 4 heteroatoms. The summed E-state index contributed by atoms with van der Waals surface area (Å²) in [6.07, 6.45) is 1.63. The fraction of sp³-hybridized carbons (Fsp3) is 0.250. The van der Waals surface area contributed by atoms with E-state index in [9.17, 15) is 0 Å². The first-order chi connectivity index (χ1) is 7.88.